The Kier molecular flexibility index (Phi) is 3.54. The van der Waals surface area contributed by atoms with Crippen LogP contribution in [0.1, 0.15) is 80.1 Å². The monoisotopic (exact) mass is 276 g/mol. The fraction of sp³-hybridized carbons (Fsp3) is 1.00. The van der Waals surface area contributed by atoms with Crippen molar-refractivity contribution in [1.82, 2.24) is 0 Å². The zero-order valence-corrected chi connectivity index (χ0v) is 14.7. The Hall–Kier alpha value is 0. The van der Waals surface area contributed by atoms with E-state index in [1.54, 1.807) is 19.3 Å². The zero-order chi connectivity index (χ0) is 14.7. The van der Waals surface area contributed by atoms with Crippen LogP contribution in [0.5, 0.6) is 0 Å². The van der Waals surface area contributed by atoms with Crippen LogP contribution in [0.25, 0.3) is 0 Å². The predicted octanol–water partition coefficient (Wildman–Crippen LogP) is 6.16. The highest BCUT2D eigenvalue weighted by Crippen LogP contribution is 2.76. The molecule has 0 radical (unpaired) electrons. The maximum atomic E-state index is 2.62. The van der Waals surface area contributed by atoms with Crippen LogP contribution in [-0.4, -0.2) is 0 Å². The summed E-state index contributed by atoms with van der Waals surface area (Å²) in [6.45, 7) is 15.0. The normalized spacial score (nSPS) is 54.6. The minimum absolute atomic E-state index is 0.659. The van der Waals surface area contributed by atoms with Gasteiger partial charge in [-0.15, -0.1) is 0 Å². The van der Waals surface area contributed by atoms with E-state index in [0.717, 1.165) is 40.9 Å². The Balaban J connectivity index is 1.67. The molecular formula is C20H36. The van der Waals surface area contributed by atoms with Crippen molar-refractivity contribution in [1.29, 1.82) is 0 Å². The molecule has 0 aliphatic heterocycles. The molecule has 0 nitrogen and oxygen atoms in total. The molecule has 0 heteroatoms. The molecule has 4 aliphatic carbocycles. The van der Waals surface area contributed by atoms with Gasteiger partial charge in [0, 0.05) is 0 Å². The molecule has 0 aromatic heterocycles. The van der Waals surface area contributed by atoms with E-state index >= 15 is 0 Å². The van der Waals surface area contributed by atoms with Gasteiger partial charge < -0.3 is 0 Å². The molecular weight excluding hydrogens is 240 g/mol. The predicted molar refractivity (Wildman–Crippen MR) is 87.6 cm³/mol. The topological polar surface area (TPSA) is 0 Å². The Morgan fingerprint density at radius 3 is 2.40 bits per heavy atom. The lowest BCUT2D eigenvalue weighted by atomic mass is 9.56. The van der Waals surface area contributed by atoms with Gasteiger partial charge in [0.15, 0.2) is 0 Å². The second kappa shape index (κ2) is 4.75. The first-order valence-corrected chi connectivity index (χ1v) is 9.39. The quantitative estimate of drug-likeness (QED) is 0.545. The van der Waals surface area contributed by atoms with Crippen LogP contribution in [0.4, 0.5) is 0 Å². The third kappa shape index (κ3) is 1.85. The Bertz CT molecular complexity index is 372. The van der Waals surface area contributed by atoms with E-state index in [1.807, 2.05) is 0 Å². The first-order chi connectivity index (χ1) is 9.39. The van der Waals surface area contributed by atoms with Crippen LogP contribution < -0.4 is 0 Å². The van der Waals surface area contributed by atoms with Gasteiger partial charge in [-0.3, -0.25) is 0 Å². The maximum absolute atomic E-state index is 2.62. The molecule has 0 aromatic carbocycles. The smallest absolute Gasteiger partial charge is 0.0258 e. The van der Waals surface area contributed by atoms with Gasteiger partial charge in [0.25, 0.3) is 0 Å². The van der Waals surface area contributed by atoms with E-state index < -0.39 is 0 Å². The third-order valence-corrected chi connectivity index (χ3v) is 8.54. The lowest BCUT2D eigenvalue weighted by Gasteiger charge is -2.48. The number of hydrogen-bond donors (Lipinski definition) is 0. The van der Waals surface area contributed by atoms with Crippen LogP contribution in [0.15, 0.2) is 0 Å². The van der Waals surface area contributed by atoms with Gasteiger partial charge in [0.1, 0.15) is 0 Å². The van der Waals surface area contributed by atoms with Gasteiger partial charge >= 0.3 is 0 Å². The summed E-state index contributed by atoms with van der Waals surface area (Å²) >= 11 is 0. The van der Waals surface area contributed by atoms with Crippen LogP contribution in [0.2, 0.25) is 0 Å². The standard InChI is InChI=1S/C20H36/c1-7-9-16-14(4)17(16)10-20-11-18(15(20)5)19(6,12-20)13(3)8-2/h13-18H,7-12H2,1-6H3. The van der Waals surface area contributed by atoms with Crippen molar-refractivity contribution in [2.45, 2.75) is 80.1 Å². The number of rotatable bonds is 6. The van der Waals surface area contributed by atoms with Gasteiger partial charge in [-0.25, -0.2) is 0 Å². The summed E-state index contributed by atoms with van der Waals surface area (Å²) < 4.78 is 0. The number of hydrogen-bond acceptors (Lipinski definition) is 0. The molecule has 0 N–H and O–H groups in total. The van der Waals surface area contributed by atoms with Crippen LogP contribution in [0.3, 0.4) is 0 Å². The highest BCUT2D eigenvalue weighted by atomic mass is 14.7. The molecule has 0 spiro atoms. The van der Waals surface area contributed by atoms with Gasteiger partial charge in [0.2, 0.25) is 0 Å². The summed E-state index contributed by atoms with van der Waals surface area (Å²) in [7, 11) is 0. The Morgan fingerprint density at radius 2 is 1.85 bits per heavy atom. The van der Waals surface area contributed by atoms with Crippen LogP contribution >= 0.6 is 0 Å². The zero-order valence-electron chi connectivity index (χ0n) is 14.7. The van der Waals surface area contributed by atoms with E-state index in [2.05, 4.69) is 41.5 Å². The summed E-state index contributed by atoms with van der Waals surface area (Å²) in [6.07, 6.45) is 8.93. The van der Waals surface area contributed by atoms with Crippen molar-refractivity contribution >= 4 is 0 Å². The minimum atomic E-state index is 0.659. The van der Waals surface area contributed by atoms with E-state index in [9.17, 15) is 0 Å². The van der Waals surface area contributed by atoms with Crippen molar-refractivity contribution in [3.8, 4) is 0 Å². The SMILES string of the molecule is CCCC1C(C)C1CC12CC(C1C)C(C)(C(C)CC)C2. The molecule has 0 heterocycles. The summed E-state index contributed by atoms with van der Waals surface area (Å²) in [4.78, 5) is 0. The van der Waals surface area contributed by atoms with Crippen LogP contribution in [-0.2, 0) is 0 Å². The molecule has 4 rings (SSSR count). The molecule has 8 unspecified atom stereocenters. The highest BCUT2D eigenvalue weighted by Gasteiger charge is 2.68. The van der Waals surface area contributed by atoms with Crippen molar-refractivity contribution in [3.63, 3.8) is 0 Å². The lowest BCUT2D eigenvalue weighted by molar-refractivity contribution is 0.00542. The fourth-order valence-corrected chi connectivity index (χ4v) is 6.60. The maximum Gasteiger partial charge on any atom is -0.0258 e. The Morgan fingerprint density at radius 1 is 1.15 bits per heavy atom. The number of fused-ring (bicyclic) bond motifs is 1. The molecule has 0 aromatic rings. The molecule has 8 atom stereocenters. The molecule has 2 bridgehead atoms. The first kappa shape index (κ1) is 14.9. The summed E-state index contributed by atoms with van der Waals surface area (Å²) in [6, 6.07) is 0. The van der Waals surface area contributed by atoms with Crippen molar-refractivity contribution in [2.24, 2.45) is 46.3 Å². The molecule has 0 saturated heterocycles. The van der Waals surface area contributed by atoms with Gasteiger partial charge in [0.05, 0.1) is 0 Å². The summed E-state index contributed by atoms with van der Waals surface area (Å²) in [5, 5.41) is 0. The van der Waals surface area contributed by atoms with E-state index in [1.165, 1.54) is 19.3 Å². The molecule has 4 aliphatic rings. The average molecular weight is 277 g/mol. The van der Waals surface area contributed by atoms with Crippen molar-refractivity contribution < 1.29 is 0 Å². The van der Waals surface area contributed by atoms with Crippen molar-refractivity contribution in [2.75, 3.05) is 0 Å². The highest BCUT2D eigenvalue weighted by molar-refractivity contribution is 5.17. The van der Waals surface area contributed by atoms with Gasteiger partial charge in [-0.1, -0.05) is 60.8 Å². The Labute approximate surface area is 127 Å². The van der Waals surface area contributed by atoms with E-state index in [4.69, 9.17) is 0 Å². The molecule has 4 saturated carbocycles. The summed E-state index contributed by atoms with van der Waals surface area (Å²) in [5.74, 6) is 6.16. The fourth-order valence-electron chi connectivity index (χ4n) is 6.60. The molecule has 0 amide bonds. The van der Waals surface area contributed by atoms with E-state index in [-0.39, 0.29) is 0 Å². The second-order valence-electron chi connectivity index (χ2n) is 9.13. The molecule has 116 valence electrons. The summed E-state index contributed by atoms with van der Waals surface area (Å²) in [5.41, 5.74) is 1.41. The minimum Gasteiger partial charge on any atom is -0.0654 e. The van der Waals surface area contributed by atoms with Gasteiger partial charge in [-0.05, 0) is 65.6 Å². The largest absolute Gasteiger partial charge is 0.0654 e. The average Bonchev–Trinajstić information content (AvgIpc) is 2.81. The molecule has 20 heavy (non-hydrogen) atoms. The lowest BCUT2D eigenvalue weighted by Crippen LogP contribution is -2.41. The first-order valence-electron chi connectivity index (χ1n) is 9.39. The molecule has 4 fully saturated rings. The third-order valence-electron chi connectivity index (χ3n) is 8.54. The van der Waals surface area contributed by atoms with Gasteiger partial charge in [-0.2, -0.15) is 0 Å². The van der Waals surface area contributed by atoms with Crippen LogP contribution in [0, 0.1) is 46.3 Å². The second-order valence-corrected chi connectivity index (χ2v) is 9.13. The van der Waals surface area contributed by atoms with Crippen molar-refractivity contribution in [3.05, 3.63) is 0 Å². The van der Waals surface area contributed by atoms with E-state index in [0.29, 0.717) is 5.41 Å².